The van der Waals surface area contributed by atoms with E-state index in [0.29, 0.717) is 24.0 Å². The molecule has 1 heterocycles. The van der Waals surface area contributed by atoms with E-state index >= 15 is 0 Å². The molecule has 0 N–H and O–H groups in total. The van der Waals surface area contributed by atoms with E-state index in [1.54, 1.807) is 24.3 Å². The Labute approximate surface area is 138 Å². The molecule has 0 spiro atoms. The van der Waals surface area contributed by atoms with Gasteiger partial charge >= 0.3 is 5.97 Å². The average molecular weight is 318 g/mol. The molecule has 2 rings (SSSR count). The molecule has 0 radical (unpaired) electrons. The number of carbonyl (C=O) groups excluding carboxylic acids is 1. The summed E-state index contributed by atoms with van der Waals surface area (Å²) >= 11 is 0. The van der Waals surface area contributed by atoms with Crippen LogP contribution in [-0.4, -0.2) is 43.3 Å². The molecule has 1 aromatic carbocycles. The van der Waals surface area contributed by atoms with E-state index in [4.69, 9.17) is 9.57 Å². The van der Waals surface area contributed by atoms with Gasteiger partial charge in [-0.3, -0.25) is 0 Å². The number of carbonyl (C=O) groups is 1. The highest BCUT2D eigenvalue weighted by Gasteiger charge is 2.27. The largest absolute Gasteiger partial charge is 0.494 e. The number of hydrogen-bond acceptors (Lipinski definition) is 5. The summed E-state index contributed by atoms with van der Waals surface area (Å²) in [6.07, 6.45) is 0.951. The van der Waals surface area contributed by atoms with Crippen LogP contribution < -0.4 is 4.74 Å². The van der Waals surface area contributed by atoms with Crippen molar-refractivity contribution in [2.75, 3.05) is 26.7 Å². The molecule has 0 bridgehead atoms. The molecule has 1 aliphatic rings. The Morgan fingerprint density at radius 1 is 1.22 bits per heavy atom. The zero-order valence-electron chi connectivity index (χ0n) is 14.4. The molecule has 0 saturated carbocycles. The first-order chi connectivity index (χ1) is 11.0. The van der Waals surface area contributed by atoms with E-state index < -0.39 is 5.97 Å². The smallest absolute Gasteiger partial charge is 0.365 e. The minimum Gasteiger partial charge on any atom is -0.494 e. The summed E-state index contributed by atoms with van der Waals surface area (Å²) in [7, 11) is 2.10. The van der Waals surface area contributed by atoms with Crippen LogP contribution in [0.25, 0.3) is 0 Å². The fourth-order valence-corrected chi connectivity index (χ4v) is 2.92. The minimum atomic E-state index is -0.433. The lowest BCUT2D eigenvalue weighted by atomic mass is 9.90. The van der Waals surface area contributed by atoms with Gasteiger partial charge in [-0.1, -0.05) is 25.9 Å². The van der Waals surface area contributed by atoms with Gasteiger partial charge in [0.15, 0.2) is 0 Å². The van der Waals surface area contributed by atoms with E-state index in [1.165, 1.54) is 0 Å². The molecule has 126 valence electrons. The Hall–Kier alpha value is -1.88. The van der Waals surface area contributed by atoms with E-state index in [-0.39, 0.29) is 0 Å². The Balaban J connectivity index is 1.97. The number of nitrogens with zero attached hydrogens (tertiary/aromatic N) is 2. The first kappa shape index (κ1) is 17.5. The normalized spacial score (nSPS) is 21.8. The molecule has 2 atom stereocenters. The molecular formula is C18H26N2O3. The van der Waals surface area contributed by atoms with Gasteiger partial charge < -0.3 is 14.5 Å². The number of rotatable bonds is 5. The lowest BCUT2D eigenvalue weighted by Crippen LogP contribution is -2.42. The standard InChI is InChI=1S/C18H26N2O3/c1-5-10-22-16-8-6-15(7-9-16)18(21)23-19-17-13(2)11-20(4)12-14(17)3/h6-9,13-14H,5,10-12H2,1-4H3. The number of piperidine rings is 1. The van der Waals surface area contributed by atoms with E-state index in [9.17, 15) is 4.79 Å². The highest BCUT2D eigenvalue weighted by molar-refractivity contribution is 5.92. The maximum Gasteiger partial charge on any atom is 0.365 e. The molecule has 1 aliphatic heterocycles. The van der Waals surface area contributed by atoms with Gasteiger partial charge in [-0.15, -0.1) is 0 Å². The third-order valence-corrected chi connectivity index (χ3v) is 3.98. The van der Waals surface area contributed by atoms with Gasteiger partial charge in [-0.25, -0.2) is 4.79 Å². The quantitative estimate of drug-likeness (QED) is 0.618. The second-order valence-electron chi connectivity index (χ2n) is 6.29. The summed E-state index contributed by atoms with van der Waals surface area (Å²) in [5.74, 6) is 0.910. The van der Waals surface area contributed by atoms with Crippen LogP contribution >= 0.6 is 0 Å². The van der Waals surface area contributed by atoms with Crippen molar-refractivity contribution >= 4 is 11.7 Å². The average Bonchev–Trinajstić information content (AvgIpc) is 2.52. The van der Waals surface area contributed by atoms with Gasteiger partial charge in [-0.05, 0) is 37.7 Å². The third-order valence-electron chi connectivity index (χ3n) is 3.98. The fraction of sp³-hybridized carbons (Fsp3) is 0.556. The lowest BCUT2D eigenvalue weighted by molar-refractivity contribution is 0.0508. The molecule has 0 aliphatic carbocycles. The van der Waals surface area contributed by atoms with E-state index in [1.807, 2.05) is 0 Å². The SMILES string of the molecule is CCCOc1ccc(C(=O)ON=C2C(C)CN(C)CC2C)cc1. The molecule has 23 heavy (non-hydrogen) atoms. The van der Waals surface area contributed by atoms with Crippen LogP contribution in [0.2, 0.25) is 0 Å². The molecule has 0 aromatic heterocycles. The molecule has 2 unspecified atom stereocenters. The van der Waals surface area contributed by atoms with Crippen LogP contribution in [0, 0.1) is 11.8 Å². The van der Waals surface area contributed by atoms with Crippen molar-refractivity contribution in [2.45, 2.75) is 27.2 Å². The Morgan fingerprint density at radius 2 is 1.83 bits per heavy atom. The van der Waals surface area contributed by atoms with E-state index in [2.05, 4.69) is 37.9 Å². The second kappa shape index (κ2) is 8.11. The molecular weight excluding hydrogens is 292 g/mol. The van der Waals surface area contributed by atoms with Crippen molar-refractivity contribution in [3.63, 3.8) is 0 Å². The molecule has 0 amide bonds. The summed E-state index contributed by atoms with van der Waals surface area (Å²) in [6.45, 7) is 8.81. The Morgan fingerprint density at radius 3 is 2.39 bits per heavy atom. The van der Waals surface area contributed by atoms with Crippen molar-refractivity contribution in [2.24, 2.45) is 17.0 Å². The van der Waals surface area contributed by atoms with Crippen LogP contribution in [-0.2, 0) is 4.84 Å². The summed E-state index contributed by atoms with van der Waals surface area (Å²) in [5, 5.41) is 4.14. The van der Waals surface area contributed by atoms with Crippen LogP contribution in [0.4, 0.5) is 0 Å². The predicted octanol–water partition coefficient (Wildman–Crippen LogP) is 3.21. The minimum absolute atomic E-state index is 0.293. The predicted molar refractivity (Wildman–Crippen MR) is 90.9 cm³/mol. The van der Waals surface area contributed by atoms with E-state index in [0.717, 1.165) is 31.0 Å². The molecule has 5 heteroatoms. The number of likely N-dealkylation sites (tertiary alicyclic amines) is 1. The first-order valence-corrected chi connectivity index (χ1v) is 8.21. The van der Waals surface area contributed by atoms with Crippen molar-refractivity contribution in [1.82, 2.24) is 4.90 Å². The molecule has 1 fully saturated rings. The third kappa shape index (κ3) is 4.79. The van der Waals surface area contributed by atoms with Gasteiger partial charge in [0.25, 0.3) is 0 Å². The Kier molecular flexibility index (Phi) is 6.16. The van der Waals surface area contributed by atoms with Gasteiger partial charge in [-0.2, -0.15) is 0 Å². The number of oxime groups is 1. The maximum absolute atomic E-state index is 12.1. The summed E-state index contributed by atoms with van der Waals surface area (Å²) in [5.41, 5.74) is 1.44. The fourth-order valence-electron chi connectivity index (χ4n) is 2.92. The van der Waals surface area contributed by atoms with Gasteiger partial charge in [0, 0.05) is 24.9 Å². The van der Waals surface area contributed by atoms with Gasteiger partial charge in [0.05, 0.1) is 17.9 Å². The zero-order chi connectivity index (χ0) is 16.8. The highest BCUT2D eigenvalue weighted by atomic mass is 16.7. The Bertz CT molecular complexity index is 540. The van der Waals surface area contributed by atoms with Crippen molar-refractivity contribution in [1.29, 1.82) is 0 Å². The number of ether oxygens (including phenoxy) is 1. The monoisotopic (exact) mass is 318 g/mol. The van der Waals surface area contributed by atoms with Gasteiger partial charge in [0.1, 0.15) is 5.75 Å². The highest BCUT2D eigenvalue weighted by Crippen LogP contribution is 2.19. The summed E-state index contributed by atoms with van der Waals surface area (Å²) in [4.78, 5) is 19.5. The van der Waals surface area contributed by atoms with Crippen molar-refractivity contribution < 1.29 is 14.4 Å². The van der Waals surface area contributed by atoms with Crippen LogP contribution in [0.1, 0.15) is 37.6 Å². The molecule has 5 nitrogen and oxygen atoms in total. The van der Waals surface area contributed by atoms with Gasteiger partial charge in [0.2, 0.25) is 0 Å². The first-order valence-electron chi connectivity index (χ1n) is 8.21. The topological polar surface area (TPSA) is 51.1 Å². The van der Waals surface area contributed by atoms with Crippen molar-refractivity contribution in [3.8, 4) is 5.75 Å². The summed E-state index contributed by atoms with van der Waals surface area (Å²) < 4.78 is 5.50. The molecule has 1 aromatic rings. The summed E-state index contributed by atoms with van der Waals surface area (Å²) in [6, 6.07) is 6.96. The van der Waals surface area contributed by atoms with Crippen LogP contribution in [0.3, 0.4) is 0 Å². The van der Waals surface area contributed by atoms with Crippen molar-refractivity contribution in [3.05, 3.63) is 29.8 Å². The second-order valence-corrected chi connectivity index (χ2v) is 6.29. The lowest BCUT2D eigenvalue weighted by Gasteiger charge is -2.32. The van der Waals surface area contributed by atoms with Crippen LogP contribution in [0.5, 0.6) is 5.75 Å². The maximum atomic E-state index is 12.1. The zero-order valence-corrected chi connectivity index (χ0v) is 14.4. The number of hydrogen-bond donors (Lipinski definition) is 0. The number of benzene rings is 1. The van der Waals surface area contributed by atoms with Crippen LogP contribution in [0.15, 0.2) is 29.4 Å². The molecule has 1 saturated heterocycles.